The van der Waals surface area contributed by atoms with Crippen LogP contribution >= 0.6 is 24.0 Å². The van der Waals surface area contributed by atoms with Crippen LogP contribution < -0.4 is 15.4 Å². The van der Waals surface area contributed by atoms with E-state index in [2.05, 4.69) is 64.9 Å². The van der Waals surface area contributed by atoms with E-state index in [9.17, 15) is 0 Å². The Kier molecular flexibility index (Phi) is 10.1. The predicted octanol–water partition coefficient (Wildman–Crippen LogP) is 3.86. The first-order valence-electron chi connectivity index (χ1n) is 11.5. The number of aromatic nitrogens is 3. The first kappa shape index (κ1) is 26.0. The fraction of sp³-hybridized carbons (Fsp3) is 0.400. The van der Waals surface area contributed by atoms with Crippen molar-refractivity contribution in [3.63, 3.8) is 0 Å². The molecule has 2 heterocycles. The van der Waals surface area contributed by atoms with Gasteiger partial charge in [-0.05, 0) is 49.6 Å². The van der Waals surface area contributed by atoms with Crippen LogP contribution in [-0.4, -0.2) is 47.1 Å². The predicted molar refractivity (Wildman–Crippen MR) is 144 cm³/mol. The average Bonchev–Trinajstić information content (AvgIpc) is 3.55. The van der Waals surface area contributed by atoms with Crippen molar-refractivity contribution < 1.29 is 9.47 Å². The van der Waals surface area contributed by atoms with Crippen LogP contribution in [0.5, 0.6) is 5.75 Å². The Morgan fingerprint density at radius 1 is 1.21 bits per heavy atom. The topological polar surface area (TPSA) is 85.6 Å². The molecule has 1 fully saturated rings. The second-order valence-electron chi connectivity index (χ2n) is 8.21. The molecule has 0 spiro atoms. The maximum atomic E-state index is 6.17. The highest BCUT2D eigenvalue weighted by Crippen LogP contribution is 2.22. The first-order valence-corrected chi connectivity index (χ1v) is 11.5. The van der Waals surface area contributed by atoms with E-state index in [-0.39, 0.29) is 24.0 Å². The Balaban J connectivity index is 0.00000324. The Labute approximate surface area is 218 Å². The van der Waals surface area contributed by atoms with Gasteiger partial charge in [0.2, 0.25) is 0 Å². The molecular weight excluding hydrogens is 543 g/mol. The van der Waals surface area contributed by atoms with Crippen LogP contribution in [0, 0.1) is 12.8 Å². The molecule has 3 aromatic rings. The van der Waals surface area contributed by atoms with Crippen LogP contribution in [0.15, 0.2) is 60.1 Å². The minimum Gasteiger partial charge on any atom is -0.493 e. The van der Waals surface area contributed by atoms with Gasteiger partial charge in [0.25, 0.3) is 0 Å². The lowest BCUT2D eigenvalue weighted by molar-refractivity contribution is 0.166. The minimum absolute atomic E-state index is 0. The number of aliphatic imine (C=N–C) groups is 1. The van der Waals surface area contributed by atoms with Crippen molar-refractivity contribution in [2.45, 2.75) is 33.4 Å². The van der Waals surface area contributed by atoms with Crippen molar-refractivity contribution in [3.8, 4) is 11.4 Å². The Morgan fingerprint density at radius 3 is 2.76 bits per heavy atom. The number of nitrogens with one attached hydrogen (secondary N) is 2. The lowest BCUT2D eigenvalue weighted by Crippen LogP contribution is -2.36. The van der Waals surface area contributed by atoms with Crippen LogP contribution in [0.3, 0.4) is 0 Å². The number of rotatable bonds is 9. The van der Waals surface area contributed by atoms with Crippen LogP contribution in [0.1, 0.15) is 30.0 Å². The van der Waals surface area contributed by atoms with Crippen LogP contribution in [-0.2, 0) is 17.8 Å². The molecule has 182 valence electrons. The molecule has 34 heavy (non-hydrogen) atoms. The Morgan fingerprint density at radius 2 is 2.06 bits per heavy atom. The maximum absolute atomic E-state index is 6.17. The van der Waals surface area contributed by atoms with Gasteiger partial charge in [0.05, 0.1) is 25.4 Å². The summed E-state index contributed by atoms with van der Waals surface area (Å²) in [6.45, 7) is 8.46. The summed E-state index contributed by atoms with van der Waals surface area (Å²) in [7, 11) is 0. The number of guanidine groups is 1. The van der Waals surface area contributed by atoms with E-state index < -0.39 is 0 Å². The molecule has 2 aromatic carbocycles. The molecule has 1 saturated heterocycles. The fourth-order valence-corrected chi connectivity index (χ4v) is 3.65. The van der Waals surface area contributed by atoms with Gasteiger partial charge in [0.1, 0.15) is 18.4 Å². The van der Waals surface area contributed by atoms with Gasteiger partial charge in [-0.25, -0.2) is 14.7 Å². The van der Waals surface area contributed by atoms with Gasteiger partial charge in [0.15, 0.2) is 5.96 Å². The van der Waals surface area contributed by atoms with E-state index in [4.69, 9.17) is 14.5 Å². The van der Waals surface area contributed by atoms with E-state index in [1.807, 2.05) is 12.1 Å². The number of aryl methyl sites for hydroxylation is 1. The fourth-order valence-electron chi connectivity index (χ4n) is 3.65. The van der Waals surface area contributed by atoms with E-state index in [1.165, 1.54) is 11.9 Å². The highest BCUT2D eigenvalue weighted by Gasteiger charge is 2.17. The zero-order valence-corrected chi connectivity index (χ0v) is 22.1. The molecule has 1 aliphatic rings. The molecule has 0 radical (unpaired) electrons. The molecule has 1 aromatic heterocycles. The number of benzene rings is 2. The smallest absolute Gasteiger partial charge is 0.191 e. The summed E-state index contributed by atoms with van der Waals surface area (Å²) < 4.78 is 13.4. The summed E-state index contributed by atoms with van der Waals surface area (Å²) in [4.78, 5) is 8.74. The monoisotopic (exact) mass is 576 g/mol. The van der Waals surface area contributed by atoms with Crippen molar-refractivity contribution in [2.75, 3.05) is 26.4 Å². The third kappa shape index (κ3) is 7.42. The van der Waals surface area contributed by atoms with Crippen molar-refractivity contribution >= 4 is 29.9 Å². The molecule has 0 saturated carbocycles. The average molecular weight is 576 g/mol. The summed E-state index contributed by atoms with van der Waals surface area (Å²) in [5, 5.41) is 10.9. The number of nitrogens with zero attached hydrogens (tertiary/aromatic N) is 4. The number of halogens is 1. The highest BCUT2D eigenvalue weighted by atomic mass is 127. The largest absolute Gasteiger partial charge is 0.493 e. The quantitative estimate of drug-likeness (QED) is 0.229. The summed E-state index contributed by atoms with van der Waals surface area (Å²) in [5.41, 5.74) is 4.39. The molecule has 2 N–H and O–H groups in total. The summed E-state index contributed by atoms with van der Waals surface area (Å²) in [6, 6.07) is 14.5. The number of ether oxygens (including phenoxy) is 2. The molecule has 0 aliphatic carbocycles. The second kappa shape index (κ2) is 13.3. The second-order valence-corrected chi connectivity index (χ2v) is 8.21. The Bertz CT molecular complexity index is 1030. The standard InChI is InChI=1S/C25H32N6O2.HI/c1-3-27-25(28-13-20-5-8-23(9-6-20)31-18-26-17-30-31)29-14-22-7-4-19(2)12-24(22)33-16-21-10-11-32-15-21;/h4-9,12,17-18,21H,3,10-11,13-16H2,1-2H3,(H2,27,28,29);1H. The molecule has 0 amide bonds. The van der Waals surface area contributed by atoms with Crippen molar-refractivity contribution in [3.05, 3.63) is 71.8 Å². The maximum Gasteiger partial charge on any atom is 0.191 e. The van der Waals surface area contributed by atoms with Gasteiger partial charge >= 0.3 is 0 Å². The zero-order chi connectivity index (χ0) is 22.9. The molecule has 1 atom stereocenters. The van der Waals surface area contributed by atoms with Gasteiger partial charge in [-0.1, -0.05) is 24.3 Å². The summed E-state index contributed by atoms with van der Waals surface area (Å²) in [6.07, 6.45) is 4.28. The third-order valence-electron chi connectivity index (χ3n) is 5.55. The van der Waals surface area contributed by atoms with E-state index in [0.717, 1.165) is 54.7 Å². The van der Waals surface area contributed by atoms with Crippen LogP contribution in [0.2, 0.25) is 0 Å². The van der Waals surface area contributed by atoms with Crippen molar-refractivity contribution in [1.29, 1.82) is 0 Å². The van der Waals surface area contributed by atoms with Gasteiger partial charge in [0, 0.05) is 31.2 Å². The minimum atomic E-state index is 0. The Hall–Kier alpha value is -2.66. The molecule has 0 bridgehead atoms. The van der Waals surface area contributed by atoms with Gasteiger partial charge in [-0.15, -0.1) is 24.0 Å². The lowest BCUT2D eigenvalue weighted by Gasteiger charge is -2.17. The normalized spacial score (nSPS) is 15.6. The number of hydrogen-bond donors (Lipinski definition) is 2. The SMILES string of the molecule is CCNC(=NCc1ccc(-n2cncn2)cc1)NCc1ccc(C)cc1OCC1CCOC1.I. The van der Waals surface area contributed by atoms with E-state index >= 15 is 0 Å². The molecule has 8 nitrogen and oxygen atoms in total. The lowest BCUT2D eigenvalue weighted by atomic mass is 10.1. The van der Waals surface area contributed by atoms with Crippen LogP contribution in [0.4, 0.5) is 0 Å². The molecule has 9 heteroatoms. The zero-order valence-electron chi connectivity index (χ0n) is 19.7. The van der Waals surface area contributed by atoms with Crippen molar-refractivity contribution in [1.82, 2.24) is 25.4 Å². The van der Waals surface area contributed by atoms with Gasteiger partial charge in [-0.3, -0.25) is 0 Å². The van der Waals surface area contributed by atoms with Crippen LogP contribution in [0.25, 0.3) is 5.69 Å². The van der Waals surface area contributed by atoms with E-state index in [0.29, 0.717) is 25.6 Å². The van der Waals surface area contributed by atoms with E-state index in [1.54, 1.807) is 11.0 Å². The number of hydrogen-bond acceptors (Lipinski definition) is 5. The highest BCUT2D eigenvalue weighted by molar-refractivity contribution is 14.0. The molecule has 4 rings (SSSR count). The van der Waals surface area contributed by atoms with Gasteiger partial charge in [-0.2, -0.15) is 5.10 Å². The third-order valence-corrected chi connectivity index (χ3v) is 5.55. The van der Waals surface area contributed by atoms with Crippen molar-refractivity contribution in [2.24, 2.45) is 10.9 Å². The molecule has 1 aliphatic heterocycles. The molecule has 1 unspecified atom stereocenters. The van der Waals surface area contributed by atoms with Gasteiger partial charge < -0.3 is 20.1 Å². The summed E-state index contributed by atoms with van der Waals surface area (Å²) >= 11 is 0. The summed E-state index contributed by atoms with van der Waals surface area (Å²) in [5.74, 6) is 2.17. The molecular formula is C25H33IN6O2. The first-order chi connectivity index (χ1) is 16.2.